The molecule has 0 bridgehead atoms. The largest absolute Gasteiger partial charge is 0.508 e. The van der Waals surface area contributed by atoms with Crippen molar-refractivity contribution in [2.75, 3.05) is 0 Å². The Balaban J connectivity index is 2.27. The van der Waals surface area contributed by atoms with Crippen LogP contribution in [0.5, 0.6) is 11.5 Å². The number of benzene rings is 2. The fourth-order valence-corrected chi connectivity index (χ4v) is 2.29. The zero-order chi connectivity index (χ0) is 17.7. The van der Waals surface area contributed by atoms with Crippen LogP contribution >= 0.6 is 11.6 Å². The Morgan fingerprint density at radius 3 is 2.38 bits per heavy atom. The standard InChI is InChI=1S/C20H19ClO3/c1-13(2)3-9-16-19(23)12-10-17(20(16)24)18(22)11-6-14-4-7-15(21)8-5-14/h3-8,10-12,23-24H,9H2,1-2H3/b11-6+. The van der Waals surface area contributed by atoms with Gasteiger partial charge in [-0.05, 0) is 56.2 Å². The van der Waals surface area contributed by atoms with E-state index in [1.165, 1.54) is 18.2 Å². The van der Waals surface area contributed by atoms with Crippen LogP contribution in [0, 0.1) is 0 Å². The minimum Gasteiger partial charge on any atom is -0.508 e. The number of aromatic hydroxyl groups is 2. The van der Waals surface area contributed by atoms with E-state index in [1.807, 2.05) is 19.9 Å². The summed E-state index contributed by atoms with van der Waals surface area (Å²) >= 11 is 5.82. The predicted molar refractivity (Wildman–Crippen MR) is 97.7 cm³/mol. The van der Waals surface area contributed by atoms with Crippen molar-refractivity contribution in [2.45, 2.75) is 20.3 Å². The van der Waals surface area contributed by atoms with E-state index in [2.05, 4.69) is 0 Å². The zero-order valence-electron chi connectivity index (χ0n) is 13.6. The molecule has 2 N–H and O–H groups in total. The Kier molecular flexibility index (Phi) is 5.83. The number of halogens is 1. The molecule has 0 unspecified atom stereocenters. The van der Waals surface area contributed by atoms with Gasteiger partial charge in [-0.2, -0.15) is 0 Å². The maximum Gasteiger partial charge on any atom is 0.189 e. The van der Waals surface area contributed by atoms with Crippen LogP contribution in [0.1, 0.15) is 35.3 Å². The van der Waals surface area contributed by atoms with Gasteiger partial charge >= 0.3 is 0 Å². The number of phenolic OH excluding ortho intramolecular Hbond substituents is 2. The average Bonchev–Trinajstić information content (AvgIpc) is 2.53. The van der Waals surface area contributed by atoms with Gasteiger partial charge in [0.2, 0.25) is 0 Å². The molecule has 0 heterocycles. The summed E-state index contributed by atoms with van der Waals surface area (Å²) in [6.45, 7) is 3.86. The monoisotopic (exact) mass is 342 g/mol. The second-order valence-corrected chi connectivity index (χ2v) is 6.13. The van der Waals surface area contributed by atoms with Crippen LogP contribution in [0.15, 0.2) is 54.1 Å². The summed E-state index contributed by atoms with van der Waals surface area (Å²) < 4.78 is 0. The summed E-state index contributed by atoms with van der Waals surface area (Å²) in [6, 6.07) is 9.91. The minimum absolute atomic E-state index is 0.0248. The van der Waals surface area contributed by atoms with Gasteiger partial charge in [-0.15, -0.1) is 0 Å². The molecule has 0 aliphatic carbocycles. The lowest BCUT2D eigenvalue weighted by Crippen LogP contribution is -1.98. The van der Waals surface area contributed by atoms with Gasteiger partial charge in [-0.3, -0.25) is 4.79 Å². The summed E-state index contributed by atoms with van der Waals surface area (Å²) in [5.74, 6) is -0.539. The molecular weight excluding hydrogens is 324 g/mol. The quantitative estimate of drug-likeness (QED) is 0.448. The lowest BCUT2D eigenvalue weighted by Gasteiger charge is -2.09. The summed E-state index contributed by atoms with van der Waals surface area (Å²) in [5.41, 5.74) is 2.40. The molecule has 0 spiro atoms. The number of carbonyl (C=O) groups is 1. The molecule has 0 fully saturated rings. The number of ketones is 1. The molecule has 0 saturated heterocycles. The highest BCUT2D eigenvalue weighted by Crippen LogP contribution is 2.32. The summed E-state index contributed by atoms with van der Waals surface area (Å²) in [5, 5.41) is 20.9. The first-order chi connectivity index (χ1) is 11.4. The van der Waals surface area contributed by atoms with Crippen LogP contribution in [0.2, 0.25) is 5.02 Å². The molecule has 24 heavy (non-hydrogen) atoms. The number of rotatable bonds is 5. The third-order valence-electron chi connectivity index (χ3n) is 3.54. The normalized spacial score (nSPS) is 10.8. The van der Waals surface area contributed by atoms with Gasteiger partial charge in [0, 0.05) is 10.6 Å². The molecule has 124 valence electrons. The van der Waals surface area contributed by atoms with Gasteiger partial charge in [0.15, 0.2) is 5.78 Å². The van der Waals surface area contributed by atoms with E-state index in [0.29, 0.717) is 17.0 Å². The third-order valence-corrected chi connectivity index (χ3v) is 3.79. The maximum atomic E-state index is 12.3. The highest BCUT2D eigenvalue weighted by molar-refractivity contribution is 6.30. The van der Waals surface area contributed by atoms with Crippen molar-refractivity contribution < 1.29 is 15.0 Å². The van der Waals surface area contributed by atoms with Gasteiger partial charge in [-0.1, -0.05) is 41.5 Å². The van der Waals surface area contributed by atoms with Gasteiger partial charge in [0.25, 0.3) is 0 Å². The van der Waals surface area contributed by atoms with E-state index in [-0.39, 0.29) is 22.8 Å². The first-order valence-corrected chi connectivity index (χ1v) is 7.91. The summed E-state index contributed by atoms with van der Waals surface area (Å²) in [7, 11) is 0. The van der Waals surface area contributed by atoms with Gasteiger partial charge in [0.1, 0.15) is 11.5 Å². The molecule has 4 heteroatoms. The predicted octanol–water partition coefficient (Wildman–Crippen LogP) is 5.16. The zero-order valence-corrected chi connectivity index (χ0v) is 14.3. The Morgan fingerprint density at radius 1 is 1.08 bits per heavy atom. The minimum atomic E-state index is -0.332. The van der Waals surface area contributed by atoms with E-state index in [1.54, 1.807) is 30.3 Å². The van der Waals surface area contributed by atoms with Crippen molar-refractivity contribution in [3.63, 3.8) is 0 Å². The molecule has 0 aromatic heterocycles. The Labute approximate surface area is 146 Å². The first kappa shape index (κ1) is 17.8. The van der Waals surface area contributed by atoms with Crippen LogP contribution in [0.3, 0.4) is 0 Å². The number of hydrogen-bond donors (Lipinski definition) is 2. The second-order valence-electron chi connectivity index (χ2n) is 5.69. The third kappa shape index (κ3) is 4.49. The van der Waals surface area contributed by atoms with Crippen LogP contribution in [-0.2, 0) is 6.42 Å². The van der Waals surface area contributed by atoms with Gasteiger partial charge < -0.3 is 10.2 Å². The molecule has 0 aliphatic heterocycles. The molecule has 0 radical (unpaired) electrons. The van der Waals surface area contributed by atoms with Crippen molar-refractivity contribution in [3.05, 3.63) is 75.8 Å². The Morgan fingerprint density at radius 2 is 1.75 bits per heavy atom. The maximum absolute atomic E-state index is 12.3. The highest BCUT2D eigenvalue weighted by atomic mass is 35.5. The van der Waals surface area contributed by atoms with Crippen LogP contribution in [-0.4, -0.2) is 16.0 Å². The lowest BCUT2D eigenvalue weighted by molar-refractivity contribution is 0.104. The van der Waals surface area contributed by atoms with E-state index in [0.717, 1.165) is 11.1 Å². The van der Waals surface area contributed by atoms with E-state index in [4.69, 9.17) is 11.6 Å². The lowest BCUT2D eigenvalue weighted by atomic mass is 10.0. The molecule has 3 nitrogen and oxygen atoms in total. The molecule has 2 aromatic rings. The van der Waals surface area contributed by atoms with E-state index >= 15 is 0 Å². The van der Waals surface area contributed by atoms with Crippen molar-refractivity contribution >= 4 is 23.5 Å². The van der Waals surface area contributed by atoms with Crippen LogP contribution in [0.25, 0.3) is 6.08 Å². The number of carbonyl (C=O) groups excluding carboxylic acids is 1. The van der Waals surface area contributed by atoms with E-state index in [9.17, 15) is 15.0 Å². The molecule has 0 aliphatic rings. The van der Waals surface area contributed by atoms with Gasteiger partial charge in [0.05, 0.1) is 5.56 Å². The second kappa shape index (κ2) is 7.84. The Hall–Kier alpha value is -2.52. The fourth-order valence-electron chi connectivity index (χ4n) is 2.17. The Bertz CT molecular complexity index is 798. The highest BCUT2D eigenvalue weighted by Gasteiger charge is 2.15. The molecule has 0 amide bonds. The fraction of sp³-hybridized carbons (Fsp3) is 0.150. The van der Waals surface area contributed by atoms with Gasteiger partial charge in [-0.25, -0.2) is 0 Å². The number of allylic oxidation sites excluding steroid dienone is 3. The van der Waals surface area contributed by atoms with E-state index < -0.39 is 0 Å². The number of phenols is 2. The summed E-state index contributed by atoms with van der Waals surface area (Å²) in [6.07, 6.45) is 5.29. The molecule has 0 saturated carbocycles. The molecule has 2 rings (SSSR count). The summed E-state index contributed by atoms with van der Waals surface area (Å²) in [4.78, 5) is 12.3. The SMILES string of the molecule is CC(C)=CCc1c(O)ccc(C(=O)/C=C/c2ccc(Cl)cc2)c1O. The van der Waals surface area contributed by atoms with Crippen molar-refractivity contribution in [1.82, 2.24) is 0 Å². The van der Waals surface area contributed by atoms with Crippen molar-refractivity contribution in [2.24, 2.45) is 0 Å². The van der Waals surface area contributed by atoms with Crippen LogP contribution in [0.4, 0.5) is 0 Å². The van der Waals surface area contributed by atoms with Crippen LogP contribution < -0.4 is 0 Å². The first-order valence-electron chi connectivity index (χ1n) is 7.53. The smallest absolute Gasteiger partial charge is 0.189 e. The molecule has 0 atom stereocenters. The van der Waals surface area contributed by atoms with Crippen molar-refractivity contribution in [1.29, 1.82) is 0 Å². The number of hydrogen-bond acceptors (Lipinski definition) is 3. The molecular formula is C20H19ClO3. The topological polar surface area (TPSA) is 57.5 Å². The average molecular weight is 343 g/mol. The molecule has 2 aromatic carbocycles. The van der Waals surface area contributed by atoms with Crippen molar-refractivity contribution in [3.8, 4) is 11.5 Å².